The van der Waals surface area contributed by atoms with Crippen LogP contribution in [0.4, 0.5) is 19.1 Å². The number of carbonyl (C=O) groups excluding carboxylic acids is 4. The molecule has 0 aliphatic carbocycles. The Labute approximate surface area is 310 Å². The number of carboxylic acid groups (broad SMARTS) is 1. The monoisotopic (exact) mass is 803 g/mol. The van der Waals surface area contributed by atoms with Crippen LogP contribution in [-0.2, 0) is 33.5 Å². The van der Waals surface area contributed by atoms with Crippen LogP contribution in [-0.4, -0.2) is 84.3 Å². The van der Waals surface area contributed by atoms with Crippen LogP contribution in [0.15, 0.2) is 64.4 Å². The van der Waals surface area contributed by atoms with Gasteiger partial charge in [-0.15, -0.1) is 6.58 Å². The Morgan fingerprint density at radius 2 is 1.75 bits per heavy atom. The fourth-order valence-electron chi connectivity index (χ4n) is 5.64. The minimum absolute atomic E-state index is 0.0431. The average molecular weight is 805 g/mol. The van der Waals surface area contributed by atoms with Crippen LogP contribution in [0.3, 0.4) is 0 Å². The van der Waals surface area contributed by atoms with Crippen molar-refractivity contribution < 1.29 is 47.4 Å². The molecular formula is C36H37BrF3N5O8. The van der Waals surface area contributed by atoms with E-state index >= 15 is 0 Å². The lowest BCUT2D eigenvalue weighted by Crippen LogP contribution is -2.46. The summed E-state index contributed by atoms with van der Waals surface area (Å²) in [5, 5.41) is 21.1. The molecule has 2 aromatic carbocycles. The predicted molar refractivity (Wildman–Crippen MR) is 190 cm³/mol. The van der Waals surface area contributed by atoms with Crippen molar-refractivity contribution in [3.8, 4) is 5.69 Å². The normalized spacial score (nSPS) is 15.2. The van der Waals surface area contributed by atoms with E-state index < -0.39 is 65.3 Å². The van der Waals surface area contributed by atoms with E-state index in [4.69, 9.17) is 5.11 Å². The van der Waals surface area contributed by atoms with Gasteiger partial charge < -0.3 is 20.4 Å². The number of imide groups is 1. The molecule has 3 atom stereocenters. The number of alkyl halides is 3. The van der Waals surface area contributed by atoms with Crippen LogP contribution in [0.25, 0.3) is 5.69 Å². The molecule has 3 aromatic rings. The largest absolute Gasteiger partial charge is 0.479 e. The molecule has 3 N–H and O–H groups in total. The Morgan fingerprint density at radius 3 is 2.36 bits per heavy atom. The first kappa shape index (κ1) is 40.6. The molecule has 1 aliphatic heterocycles. The van der Waals surface area contributed by atoms with Gasteiger partial charge in [0.25, 0.3) is 17.4 Å². The number of fused-ring (bicyclic) bond motifs is 1. The number of aliphatic carboxylic acids is 1. The average Bonchev–Trinajstić information content (AvgIpc) is 3.10. The highest BCUT2D eigenvalue weighted by molar-refractivity contribution is 9.10. The molecule has 1 aliphatic rings. The van der Waals surface area contributed by atoms with Gasteiger partial charge in [-0.1, -0.05) is 22.0 Å². The molecule has 3 unspecified atom stereocenters. The van der Waals surface area contributed by atoms with E-state index in [1.807, 2.05) is 0 Å². The van der Waals surface area contributed by atoms with Gasteiger partial charge in [-0.2, -0.15) is 13.2 Å². The molecule has 282 valence electrons. The molecule has 2 heterocycles. The number of aliphatic hydroxyl groups is 1. The number of nitrogens with zero attached hydrogens (tertiary/aromatic N) is 4. The molecule has 0 saturated heterocycles. The van der Waals surface area contributed by atoms with Crippen molar-refractivity contribution in [3.05, 3.63) is 97.9 Å². The zero-order valence-electron chi connectivity index (χ0n) is 28.9. The number of aromatic nitrogens is 2. The lowest BCUT2D eigenvalue weighted by molar-refractivity contribution is -0.149. The third-order valence-corrected chi connectivity index (χ3v) is 9.40. The van der Waals surface area contributed by atoms with Crippen LogP contribution in [0.2, 0.25) is 0 Å². The Kier molecular flexibility index (Phi) is 12.8. The van der Waals surface area contributed by atoms with Crippen molar-refractivity contribution in [1.82, 2.24) is 19.4 Å². The van der Waals surface area contributed by atoms with Gasteiger partial charge in [0, 0.05) is 59.6 Å². The first-order valence-corrected chi connectivity index (χ1v) is 17.2. The Morgan fingerprint density at radius 1 is 1.11 bits per heavy atom. The van der Waals surface area contributed by atoms with Crippen molar-refractivity contribution in [2.75, 3.05) is 12.4 Å². The summed E-state index contributed by atoms with van der Waals surface area (Å²) in [5.74, 6) is -3.88. The fourth-order valence-corrected chi connectivity index (χ4v) is 6.11. The number of aliphatic hydroxyl groups excluding tert-OH is 1. The fraction of sp³-hybridized carbons (Fsp3) is 0.361. The number of hydrogen-bond donors (Lipinski definition) is 3. The molecule has 0 saturated carbocycles. The van der Waals surface area contributed by atoms with Gasteiger partial charge in [-0.05, 0) is 69.2 Å². The van der Waals surface area contributed by atoms with Crippen LogP contribution in [0.5, 0.6) is 0 Å². The lowest BCUT2D eigenvalue weighted by Gasteiger charge is -2.35. The van der Waals surface area contributed by atoms with Crippen molar-refractivity contribution >= 4 is 51.4 Å². The SMILES string of the molecule is C=CC(C)Nc1nc2c(c(=O)n1-c1ccc(C(=O)N(C)C(=O)CCCC(=O)CC(O)C(=O)O)cc1)CC(C)N(C(=O)c1ccc(Br)c(C(F)(F)F)c1)C2. The van der Waals surface area contributed by atoms with Crippen LogP contribution in [0.1, 0.15) is 77.1 Å². The number of ketones is 1. The van der Waals surface area contributed by atoms with E-state index in [2.05, 4.69) is 32.8 Å². The number of halogens is 4. The van der Waals surface area contributed by atoms with Crippen LogP contribution >= 0.6 is 15.9 Å². The van der Waals surface area contributed by atoms with Gasteiger partial charge in [0.1, 0.15) is 5.78 Å². The number of benzene rings is 2. The number of carbonyl (C=O) groups is 5. The maximum Gasteiger partial charge on any atom is 0.417 e. The summed E-state index contributed by atoms with van der Waals surface area (Å²) in [4.78, 5) is 82.9. The van der Waals surface area contributed by atoms with Crippen molar-refractivity contribution in [3.63, 3.8) is 0 Å². The zero-order valence-corrected chi connectivity index (χ0v) is 30.5. The molecule has 0 spiro atoms. The summed E-state index contributed by atoms with van der Waals surface area (Å²) in [6.45, 7) is 7.05. The smallest absolute Gasteiger partial charge is 0.417 e. The second kappa shape index (κ2) is 16.7. The maximum absolute atomic E-state index is 14.1. The zero-order chi connectivity index (χ0) is 39.4. The van der Waals surface area contributed by atoms with Crippen molar-refractivity contribution in [2.45, 2.75) is 76.9 Å². The summed E-state index contributed by atoms with van der Waals surface area (Å²) >= 11 is 2.89. The minimum atomic E-state index is -4.69. The maximum atomic E-state index is 14.1. The van der Waals surface area contributed by atoms with Gasteiger partial charge in [-0.25, -0.2) is 14.3 Å². The summed E-state index contributed by atoms with van der Waals surface area (Å²) in [6.07, 6.45) is -5.77. The highest BCUT2D eigenvalue weighted by Gasteiger charge is 2.36. The first-order valence-electron chi connectivity index (χ1n) is 16.4. The molecular weight excluding hydrogens is 767 g/mol. The molecule has 0 bridgehead atoms. The third-order valence-electron chi connectivity index (χ3n) is 8.71. The quantitative estimate of drug-likeness (QED) is 0.204. The van der Waals surface area contributed by atoms with Crippen LogP contribution in [0, 0.1) is 0 Å². The van der Waals surface area contributed by atoms with Crippen molar-refractivity contribution in [2.24, 2.45) is 0 Å². The summed E-state index contributed by atoms with van der Waals surface area (Å²) in [5.41, 5.74) is -0.643. The predicted octanol–water partition coefficient (Wildman–Crippen LogP) is 4.76. The number of hydrogen-bond acceptors (Lipinski definition) is 9. The highest BCUT2D eigenvalue weighted by atomic mass is 79.9. The van der Waals surface area contributed by atoms with Crippen LogP contribution < -0.4 is 10.9 Å². The number of anilines is 1. The molecule has 53 heavy (non-hydrogen) atoms. The van der Waals surface area contributed by atoms with E-state index in [9.17, 15) is 47.0 Å². The molecule has 1 aromatic heterocycles. The number of rotatable bonds is 13. The topological polar surface area (TPSA) is 179 Å². The van der Waals surface area contributed by atoms with E-state index in [0.717, 1.165) is 17.0 Å². The Bertz CT molecular complexity index is 2000. The van der Waals surface area contributed by atoms with Gasteiger partial charge in [0.2, 0.25) is 11.9 Å². The van der Waals surface area contributed by atoms with Gasteiger partial charge >= 0.3 is 12.1 Å². The van der Waals surface area contributed by atoms with E-state index in [1.54, 1.807) is 19.9 Å². The Hall–Kier alpha value is -5.16. The molecule has 3 amide bonds. The van der Waals surface area contributed by atoms with E-state index in [0.29, 0.717) is 11.3 Å². The minimum Gasteiger partial charge on any atom is -0.479 e. The highest BCUT2D eigenvalue weighted by Crippen LogP contribution is 2.36. The molecule has 17 heteroatoms. The molecule has 4 rings (SSSR count). The molecule has 0 radical (unpaired) electrons. The molecule has 0 fully saturated rings. The lowest BCUT2D eigenvalue weighted by atomic mass is 9.98. The first-order chi connectivity index (χ1) is 24.8. The summed E-state index contributed by atoms with van der Waals surface area (Å²) < 4.78 is 41.8. The number of carboxylic acids is 1. The van der Waals surface area contributed by atoms with Gasteiger partial charge in [0.05, 0.1) is 23.5 Å². The second-order valence-electron chi connectivity index (χ2n) is 12.6. The standard InChI is InChI=1S/C36H37BrF3N5O8/c1-5-19(2)41-35-42-28-18-44(32(50)22-11-14-27(37)26(16-22)36(38,39)40)20(3)15-25(28)33(51)45(35)23-12-9-21(10-13-23)31(49)43(4)30(48)8-6-7-24(46)17-29(47)34(52)53/h5,9-14,16,19-20,29,47H,1,6-8,15,17-18H2,2-4H3,(H,41,42)(H,52,53). The number of amides is 3. The summed E-state index contributed by atoms with van der Waals surface area (Å²) in [7, 11) is 1.27. The van der Waals surface area contributed by atoms with E-state index in [-0.39, 0.29) is 65.5 Å². The number of nitrogens with one attached hydrogen (secondary N) is 1. The van der Waals surface area contributed by atoms with Gasteiger partial charge in [-0.3, -0.25) is 28.9 Å². The van der Waals surface area contributed by atoms with Crippen molar-refractivity contribution in [1.29, 1.82) is 0 Å². The summed E-state index contributed by atoms with van der Waals surface area (Å²) in [6, 6.07) is 8.09. The molecule has 13 nitrogen and oxygen atoms in total. The van der Waals surface area contributed by atoms with Gasteiger partial charge in [0.15, 0.2) is 6.10 Å². The second-order valence-corrected chi connectivity index (χ2v) is 13.5. The Balaban J connectivity index is 1.57. The number of Topliss-reactive ketones (excluding diaryl/α,β-unsaturated/α-hetero) is 1. The third kappa shape index (κ3) is 9.45. The van der Waals surface area contributed by atoms with E-state index in [1.165, 1.54) is 46.8 Å².